The maximum atomic E-state index is 12.9. The number of carboxylic acid groups (broad SMARTS) is 1. The summed E-state index contributed by atoms with van der Waals surface area (Å²) in [6.45, 7) is 5.57. The van der Waals surface area contributed by atoms with Crippen molar-refractivity contribution in [1.29, 1.82) is 0 Å². The molecule has 2 aliphatic carbocycles. The Morgan fingerprint density at radius 3 is 2.31 bits per heavy atom. The molecule has 0 saturated carbocycles. The molecule has 0 spiro atoms. The molecule has 29 heavy (non-hydrogen) atoms. The third-order valence-corrected chi connectivity index (χ3v) is 5.10. The summed E-state index contributed by atoms with van der Waals surface area (Å²) in [5.41, 5.74) is 2.79. The fourth-order valence-electron chi connectivity index (χ4n) is 3.44. The largest absolute Gasteiger partial charge is 0.481 e. The van der Waals surface area contributed by atoms with E-state index in [1.807, 2.05) is 63.2 Å². The van der Waals surface area contributed by atoms with E-state index in [1.165, 1.54) is 7.05 Å². The van der Waals surface area contributed by atoms with Gasteiger partial charge in [0, 0.05) is 13.0 Å². The molecule has 2 rings (SSSR count). The zero-order chi connectivity index (χ0) is 21.6. The molecule has 0 unspecified atom stereocenters. The number of carbonyl (C=O) groups excluding carboxylic acids is 2. The highest BCUT2D eigenvalue weighted by Crippen LogP contribution is 2.29. The summed E-state index contributed by atoms with van der Waals surface area (Å²) in [5.74, 6) is -2.45. The maximum Gasteiger partial charge on any atom is 0.304 e. The fourth-order valence-corrected chi connectivity index (χ4v) is 3.44. The molecule has 0 aromatic heterocycles. The van der Waals surface area contributed by atoms with E-state index in [-0.39, 0.29) is 12.3 Å². The Hall–Kier alpha value is -2.89. The van der Waals surface area contributed by atoms with Crippen molar-refractivity contribution in [3.63, 3.8) is 0 Å². The molecule has 0 bridgehead atoms. The average molecular weight is 399 g/mol. The Balaban J connectivity index is 2.15. The Morgan fingerprint density at radius 1 is 1.00 bits per heavy atom. The van der Waals surface area contributed by atoms with Gasteiger partial charge in [-0.1, -0.05) is 63.2 Å². The van der Waals surface area contributed by atoms with Crippen molar-refractivity contribution < 1.29 is 19.5 Å². The van der Waals surface area contributed by atoms with Crippen molar-refractivity contribution in [3.8, 4) is 11.1 Å². The number of nitrogens with one attached hydrogen (secondary N) is 2. The van der Waals surface area contributed by atoms with Crippen LogP contribution in [0.3, 0.4) is 0 Å². The van der Waals surface area contributed by atoms with Crippen LogP contribution in [0.15, 0.2) is 42.5 Å². The van der Waals surface area contributed by atoms with Gasteiger partial charge in [0.2, 0.25) is 11.8 Å². The minimum absolute atomic E-state index is 0.275. The molecule has 0 heterocycles. The molecule has 156 valence electrons. The van der Waals surface area contributed by atoms with Gasteiger partial charge in [-0.3, -0.25) is 14.4 Å². The molecule has 0 aromatic carbocycles. The van der Waals surface area contributed by atoms with Crippen molar-refractivity contribution in [2.24, 2.45) is 11.3 Å². The molecule has 0 saturated heterocycles. The molecule has 0 aliphatic heterocycles. The normalized spacial score (nSPS) is 13.5. The third kappa shape index (κ3) is 6.04. The van der Waals surface area contributed by atoms with Gasteiger partial charge in [0.05, 0.1) is 6.42 Å². The van der Waals surface area contributed by atoms with E-state index in [0.717, 1.165) is 16.7 Å². The zero-order valence-electron chi connectivity index (χ0n) is 17.5. The first kappa shape index (κ1) is 22.4. The van der Waals surface area contributed by atoms with Crippen molar-refractivity contribution in [2.75, 3.05) is 7.05 Å². The lowest BCUT2D eigenvalue weighted by molar-refractivity contribution is -0.142. The molecular formula is C23H30N2O4. The molecule has 2 amide bonds. The standard InChI is InChI=1S/C23H30N2O4/c1-23(2,3)20(22(29)24-4)25-21(28)17(14-19(26)27)13-12-16-11-10-15-8-6-5-7-9-18(15)16/h5-11,17,20H,12-14H2,1-4H3,(H,24,29)(H,25,28)(H,26,27)/t17-,20-/m1/s1. The van der Waals surface area contributed by atoms with Gasteiger partial charge in [-0.05, 0) is 34.9 Å². The number of aryl methyl sites for hydroxylation is 1. The topological polar surface area (TPSA) is 95.5 Å². The highest BCUT2D eigenvalue weighted by Gasteiger charge is 2.34. The first-order valence-electron chi connectivity index (χ1n) is 9.84. The van der Waals surface area contributed by atoms with Crippen LogP contribution in [-0.2, 0) is 20.8 Å². The van der Waals surface area contributed by atoms with Crippen LogP contribution in [0.4, 0.5) is 0 Å². The van der Waals surface area contributed by atoms with Gasteiger partial charge >= 0.3 is 5.97 Å². The van der Waals surface area contributed by atoms with Gasteiger partial charge in [-0.15, -0.1) is 0 Å². The third-order valence-electron chi connectivity index (χ3n) is 5.10. The minimum Gasteiger partial charge on any atom is -0.481 e. The number of carbonyl (C=O) groups is 3. The first-order valence-corrected chi connectivity index (χ1v) is 9.84. The van der Waals surface area contributed by atoms with Crippen LogP contribution < -0.4 is 10.6 Å². The number of rotatable bonds is 8. The van der Waals surface area contributed by atoms with E-state index in [4.69, 9.17) is 0 Å². The summed E-state index contributed by atoms with van der Waals surface area (Å²) in [5, 5.41) is 14.6. The summed E-state index contributed by atoms with van der Waals surface area (Å²) in [7, 11) is 1.52. The maximum absolute atomic E-state index is 12.9. The SMILES string of the molecule is CNC(=O)[C@@H](NC(=O)[C@H](CCc1ccc2cccccc1-2)CC(=O)O)C(C)(C)C. The lowest BCUT2D eigenvalue weighted by atomic mass is 9.85. The highest BCUT2D eigenvalue weighted by atomic mass is 16.4. The lowest BCUT2D eigenvalue weighted by Gasteiger charge is -2.31. The number of hydrogen-bond donors (Lipinski definition) is 3. The highest BCUT2D eigenvalue weighted by molar-refractivity contribution is 5.90. The Bertz CT molecular complexity index is 841. The Morgan fingerprint density at radius 2 is 1.69 bits per heavy atom. The van der Waals surface area contributed by atoms with Crippen LogP contribution in [0.1, 0.15) is 39.2 Å². The second kappa shape index (κ2) is 9.54. The monoisotopic (exact) mass is 398 g/mol. The lowest BCUT2D eigenvalue weighted by Crippen LogP contribution is -2.54. The molecule has 0 fully saturated rings. The van der Waals surface area contributed by atoms with Crippen LogP contribution in [0.2, 0.25) is 0 Å². The number of aliphatic carboxylic acids is 1. The fraction of sp³-hybridized carbons (Fsp3) is 0.435. The molecule has 6 nitrogen and oxygen atoms in total. The van der Waals surface area contributed by atoms with Gasteiger partial charge in [0.15, 0.2) is 0 Å². The summed E-state index contributed by atoms with van der Waals surface area (Å²) in [6.07, 6.45) is 0.697. The molecule has 3 N–H and O–H groups in total. The quantitative estimate of drug-likeness (QED) is 0.637. The number of fused-ring (bicyclic) bond motifs is 1. The molecule has 2 atom stereocenters. The number of amides is 2. The molecule has 0 radical (unpaired) electrons. The van der Waals surface area contributed by atoms with E-state index in [0.29, 0.717) is 12.8 Å². The van der Waals surface area contributed by atoms with Gasteiger partial charge in [0.1, 0.15) is 6.04 Å². The average Bonchev–Trinajstić information content (AvgIpc) is 2.87. The smallest absolute Gasteiger partial charge is 0.304 e. The van der Waals surface area contributed by atoms with E-state index >= 15 is 0 Å². The van der Waals surface area contributed by atoms with E-state index in [1.54, 1.807) is 0 Å². The minimum atomic E-state index is -1.03. The number of likely N-dealkylation sites (N-methyl/N-ethyl adjacent to an activating group) is 1. The van der Waals surface area contributed by atoms with Crippen molar-refractivity contribution in [3.05, 3.63) is 48.0 Å². The second-order valence-electron chi connectivity index (χ2n) is 8.39. The Kier molecular flexibility index (Phi) is 7.37. The van der Waals surface area contributed by atoms with Crippen LogP contribution in [-0.4, -0.2) is 36.0 Å². The van der Waals surface area contributed by atoms with E-state index in [9.17, 15) is 19.5 Å². The predicted molar refractivity (Wildman–Crippen MR) is 113 cm³/mol. The van der Waals surface area contributed by atoms with Gasteiger partial charge in [-0.2, -0.15) is 0 Å². The zero-order valence-corrected chi connectivity index (χ0v) is 17.5. The predicted octanol–water partition coefficient (Wildman–Crippen LogP) is 3.09. The van der Waals surface area contributed by atoms with E-state index < -0.39 is 29.3 Å². The summed E-state index contributed by atoms with van der Waals surface area (Å²) < 4.78 is 0. The second-order valence-corrected chi connectivity index (χ2v) is 8.39. The van der Waals surface area contributed by atoms with Gasteiger partial charge in [-0.25, -0.2) is 0 Å². The summed E-state index contributed by atoms with van der Waals surface area (Å²) in [4.78, 5) is 36.4. The summed E-state index contributed by atoms with van der Waals surface area (Å²) >= 11 is 0. The van der Waals surface area contributed by atoms with Crippen molar-refractivity contribution in [2.45, 2.75) is 46.1 Å². The number of hydrogen-bond acceptors (Lipinski definition) is 3. The molecule has 6 heteroatoms. The molecule has 0 aromatic rings. The van der Waals surface area contributed by atoms with Crippen molar-refractivity contribution >= 4 is 17.8 Å². The van der Waals surface area contributed by atoms with E-state index in [2.05, 4.69) is 10.6 Å². The van der Waals surface area contributed by atoms with Crippen LogP contribution in [0.5, 0.6) is 0 Å². The number of carboxylic acids is 1. The Labute approximate surface area is 172 Å². The van der Waals surface area contributed by atoms with Crippen molar-refractivity contribution in [1.82, 2.24) is 10.6 Å². The first-order chi connectivity index (χ1) is 13.6. The molecule has 2 aliphatic rings. The van der Waals surface area contributed by atoms with Crippen LogP contribution in [0, 0.1) is 11.3 Å². The van der Waals surface area contributed by atoms with Crippen LogP contribution >= 0.6 is 0 Å². The van der Waals surface area contributed by atoms with Crippen LogP contribution in [0.25, 0.3) is 11.1 Å². The molecular weight excluding hydrogens is 368 g/mol. The summed E-state index contributed by atoms with van der Waals surface area (Å²) in [6, 6.07) is 13.2. The van der Waals surface area contributed by atoms with Gasteiger partial charge < -0.3 is 15.7 Å². The van der Waals surface area contributed by atoms with Gasteiger partial charge in [0.25, 0.3) is 0 Å².